The predicted molar refractivity (Wildman–Crippen MR) is 124 cm³/mol. The highest BCUT2D eigenvalue weighted by molar-refractivity contribution is 5.95. The summed E-state index contributed by atoms with van der Waals surface area (Å²) in [6.07, 6.45) is 0. The highest BCUT2D eigenvalue weighted by Crippen LogP contribution is 2.25. The Morgan fingerprint density at radius 3 is 2.58 bits per heavy atom. The summed E-state index contributed by atoms with van der Waals surface area (Å²) >= 11 is 0. The number of ether oxygens (including phenoxy) is 1. The SMILES string of the molecule is COc1cccc(NC(CNC(=O)Nc2cccc(N3CCNC3=O)c2)C(C)(C)C)c1. The van der Waals surface area contributed by atoms with Crippen LogP contribution in [0.2, 0.25) is 0 Å². The van der Waals surface area contributed by atoms with E-state index in [1.807, 2.05) is 36.4 Å². The minimum absolute atomic E-state index is 0.00927. The average Bonchev–Trinajstić information content (AvgIpc) is 3.16. The Hall–Kier alpha value is -3.42. The van der Waals surface area contributed by atoms with Gasteiger partial charge in [-0.25, -0.2) is 9.59 Å². The molecule has 1 unspecified atom stereocenters. The van der Waals surface area contributed by atoms with Crippen LogP contribution in [0.25, 0.3) is 0 Å². The molecule has 2 aromatic rings. The van der Waals surface area contributed by atoms with E-state index in [1.165, 1.54) is 0 Å². The Morgan fingerprint density at radius 2 is 1.90 bits per heavy atom. The van der Waals surface area contributed by atoms with Crippen LogP contribution in [-0.4, -0.2) is 44.8 Å². The Morgan fingerprint density at radius 1 is 1.16 bits per heavy atom. The van der Waals surface area contributed by atoms with Gasteiger partial charge >= 0.3 is 12.1 Å². The van der Waals surface area contributed by atoms with Crippen LogP contribution in [-0.2, 0) is 0 Å². The summed E-state index contributed by atoms with van der Waals surface area (Å²) in [5, 5.41) is 12.1. The van der Waals surface area contributed by atoms with E-state index < -0.39 is 0 Å². The van der Waals surface area contributed by atoms with Gasteiger partial charge in [-0.15, -0.1) is 0 Å². The fourth-order valence-corrected chi connectivity index (χ4v) is 3.33. The maximum absolute atomic E-state index is 12.5. The van der Waals surface area contributed by atoms with Crippen molar-refractivity contribution in [3.63, 3.8) is 0 Å². The van der Waals surface area contributed by atoms with Gasteiger partial charge in [-0.2, -0.15) is 0 Å². The molecule has 1 aliphatic heterocycles. The maximum Gasteiger partial charge on any atom is 0.321 e. The summed E-state index contributed by atoms with van der Waals surface area (Å²) in [7, 11) is 1.64. The van der Waals surface area contributed by atoms with Gasteiger partial charge in [-0.3, -0.25) is 4.90 Å². The van der Waals surface area contributed by atoms with Crippen molar-refractivity contribution in [2.45, 2.75) is 26.8 Å². The lowest BCUT2D eigenvalue weighted by Gasteiger charge is -2.32. The lowest BCUT2D eigenvalue weighted by atomic mass is 9.86. The van der Waals surface area contributed by atoms with Gasteiger partial charge in [0.05, 0.1) is 7.11 Å². The van der Waals surface area contributed by atoms with Crippen LogP contribution in [0.4, 0.5) is 26.7 Å². The fraction of sp³-hybridized carbons (Fsp3) is 0.391. The van der Waals surface area contributed by atoms with E-state index in [0.717, 1.165) is 17.1 Å². The third-order valence-corrected chi connectivity index (χ3v) is 5.20. The monoisotopic (exact) mass is 425 g/mol. The number of rotatable bonds is 7. The second-order valence-electron chi connectivity index (χ2n) is 8.56. The number of methoxy groups -OCH3 is 1. The molecule has 1 fully saturated rings. The molecule has 31 heavy (non-hydrogen) atoms. The first-order valence-electron chi connectivity index (χ1n) is 10.4. The number of hydrogen-bond acceptors (Lipinski definition) is 4. The van der Waals surface area contributed by atoms with Crippen molar-refractivity contribution in [3.8, 4) is 5.75 Å². The molecule has 0 spiro atoms. The van der Waals surface area contributed by atoms with Gasteiger partial charge in [0, 0.05) is 48.8 Å². The summed E-state index contributed by atoms with van der Waals surface area (Å²) < 4.78 is 5.29. The predicted octanol–water partition coefficient (Wildman–Crippen LogP) is 3.87. The van der Waals surface area contributed by atoms with Gasteiger partial charge in [0.15, 0.2) is 0 Å². The second-order valence-corrected chi connectivity index (χ2v) is 8.56. The van der Waals surface area contributed by atoms with Crippen molar-refractivity contribution in [2.24, 2.45) is 5.41 Å². The normalized spacial score (nSPS) is 14.6. The van der Waals surface area contributed by atoms with Gasteiger partial charge in [-0.1, -0.05) is 32.9 Å². The summed E-state index contributed by atoms with van der Waals surface area (Å²) in [5.41, 5.74) is 2.21. The lowest BCUT2D eigenvalue weighted by Crippen LogP contribution is -2.45. The van der Waals surface area contributed by atoms with Gasteiger partial charge in [-0.05, 0) is 35.7 Å². The van der Waals surface area contributed by atoms with Crippen LogP contribution in [0.15, 0.2) is 48.5 Å². The van der Waals surface area contributed by atoms with Gasteiger partial charge in [0.1, 0.15) is 5.75 Å². The zero-order valence-corrected chi connectivity index (χ0v) is 18.5. The highest BCUT2D eigenvalue weighted by atomic mass is 16.5. The number of nitrogens with zero attached hydrogens (tertiary/aromatic N) is 1. The third kappa shape index (κ3) is 6.04. The standard InChI is InChI=1S/C23H31N5O3/c1-23(2,3)20(26-17-8-6-10-19(14-17)31-4)15-25-21(29)27-16-7-5-9-18(13-16)28-12-11-24-22(28)30/h5-10,13-14,20,26H,11-12,15H2,1-4H3,(H,24,30)(H2,25,27,29). The average molecular weight is 426 g/mol. The van der Waals surface area contributed by atoms with E-state index in [2.05, 4.69) is 42.0 Å². The number of nitrogens with one attached hydrogen (secondary N) is 4. The lowest BCUT2D eigenvalue weighted by molar-refractivity contribution is 0.248. The quantitative estimate of drug-likeness (QED) is 0.542. The number of carbonyl (C=O) groups is 2. The van der Waals surface area contributed by atoms with E-state index in [1.54, 1.807) is 24.1 Å². The van der Waals surface area contributed by atoms with Crippen molar-refractivity contribution in [1.29, 1.82) is 0 Å². The molecule has 8 nitrogen and oxygen atoms in total. The first-order valence-corrected chi connectivity index (χ1v) is 10.4. The van der Waals surface area contributed by atoms with Crippen LogP contribution in [0.5, 0.6) is 5.75 Å². The van der Waals surface area contributed by atoms with E-state index in [9.17, 15) is 9.59 Å². The number of benzene rings is 2. The molecule has 1 saturated heterocycles. The smallest absolute Gasteiger partial charge is 0.321 e. The Bertz CT molecular complexity index is 925. The summed E-state index contributed by atoms with van der Waals surface area (Å²) in [5.74, 6) is 0.773. The van der Waals surface area contributed by atoms with Gasteiger partial charge in [0.2, 0.25) is 0 Å². The molecule has 0 saturated carbocycles. The number of hydrogen-bond donors (Lipinski definition) is 4. The van der Waals surface area contributed by atoms with Gasteiger partial charge < -0.3 is 26.0 Å². The molecule has 166 valence electrons. The number of urea groups is 2. The molecule has 8 heteroatoms. The number of anilines is 3. The summed E-state index contributed by atoms with van der Waals surface area (Å²) in [6.45, 7) is 8.02. The van der Waals surface area contributed by atoms with E-state index in [-0.39, 0.29) is 23.5 Å². The molecule has 3 rings (SSSR count). The summed E-state index contributed by atoms with van der Waals surface area (Å²) in [6, 6.07) is 14.5. The van der Waals surface area contributed by atoms with Crippen molar-refractivity contribution in [2.75, 3.05) is 42.3 Å². The molecule has 1 aliphatic rings. The molecule has 0 radical (unpaired) electrons. The first-order chi connectivity index (χ1) is 14.8. The minimum atomic E-state index is -0.301. The molecule has 0 aliphatic carbocycles. The van der Waals surface area contributed by atoms with Crippen molar-refractivity contribution in [3.05, 3.63) is 48.5 Å². The van der Waals surface area contributed by atoms with Crippen LogP contribution in [0, 0.1) is 5.41 Å². The van der Waals surface area contributed by atoms with Crippen LogP contribution in [0.3, 0.4) is 0 Å². The number of amides is 4. The molecular formula is C23H31N5O3. The molecule has 0 bridgehead atoms. The molecule has 4 N–H and O–H groups in total. The highest BCUT2D eigenvalue weighted by Gasteiger charge is 2.25. The van der Waals surface area contributed by atoms with Crippen molar-refractivity contribution < 1.29 is 14.3 Å². The van der Waals surface area contributed by atoms with E-state index in [0.29, 0.717) is 25.3 Å². The zero-order chi connectivity index (χ0) is 22.4. The summed E-state index contributed by atoms with van der Waals surface area (Å²) in [4.78, 5) is 26.1. The van der Waals surface area contributed by atoms with Crippen LogP contribution in [0.1, 0.15) is 20.8 Å². The zero-order valence-electron chi connectivity index (χ0n) is 18.5. The van der Waals surface area contributed by atoms with Crippen molar-refractivity contribution >= 4 is 29.1 Å². The topological polar surface area (TPSA) is 94.7 Å². The van der Waals surface area contributed by atoms with Crippen LogP contribution >= 0.6 is 0 Å². The maximum atomic E-state index is 12.5. The molecular weight excluding hydrogens is 394 g/mol. The minimum Gasteiger partial charge on any atom is -0.497 e. The molecule has 1 heterocycles. The largest absolute Gasteiger partial charge is 0.497 e. The Labute approximate surface area is 183 Å². The molecule has 0 aromatic heterocycles. The third-order valence-electron chi connectivity index (χ3n) is 5.20. The molecule has 4 amide bonds. The van der Waals surface area contributed by atoms with E-state index >= 15 is 0 Å². The molecule has 2 aromatic carbocycles. The Balaban J connectivity index is 1.60. The first kappa shape index (κ1) is 22.3. The van der Waals surface area contributed by atoms with Crippen LogP contribution < -0.4 is 30.9 Å². The van der Waals surface area contributed by atoms with E-state index in [4.69, 9.17) is 4.74 Å². The Kier molecular flexibility index (Phi) is 6.89. The van der Waals surface area contributed by atoms with Gasteiger partial charge in [0.25, 0.3) is 0 Å². The molecule has 1 atom stereocenters. The van der Waals surface area contributed by atoms with Crippen molar-refractivity contribution in [1.82, 2.24) is 10.6 Å². The second kappa shape index (κ2) is 9.59. The number of carbonyl (C=O) groups excluding carboxylic acids is 2. The fourth-order valence-electron chi connectivity index (χ4n) is 3.33.